The summed E-state index contributed by atoms with van der Waals surface area (Å²) in [5.74, 6) is -10.7. The summed E-state index contributed by atoms with van der Waals surface area (Å²) in [6.45, 7) is 28.4. The Labute approximate surface area is 518 Å². The molecule has 0 spiro atoms. The Bertz CT molecular complexity index is 2380. The van der Waals surface area contributed by atoms with Crippen LogP contribution in [0.15, 0.2) is 12.2 Å². The van der Waals surface area contributed by atoms with Gasteiger partial charge in [0.2, 0.25) is 65.0 Å². The van der Waals surface area contributed by atoms with E-state index in [2.05, 4.69) is 26.6 Å². The van der Waals surface area contributed by atoms with Gasteiger partial charge in [-0.3, -0.25) is 52.7 Å². The smallest absolute Gasteiger partial charge is 0.248 e. The van der Waals surface area contributed by atoms with Crippen molar-refractivity contribution in [3.63, 3.8) is 0 Å². The second-order valence-electron chi connectivity index (χ2n) is 26.0. The van der Waals surface area contributed by atoms with Gasteiger partial charge < -0.3 is 70.9 Å². The molecule has 0 bridgehead atoms. The van der Waals surface area contributed by atoms with E-state index in [0.29, 0.717) is 0 Å². The minimum atomic E-state index is -1.79. The van der Waals surface area contributed by atoms with E-state index in [1.165, 1.54) is 98.7 Å². The molecule has 498 valence electrons. The van der Waals surface area contributed by atoms with Crippen LogP contribution in [0.3, 0.4) is 0 Å². The number of aliphatic hydroxyl groups is 2. The third-order valence-electron chi connectivity index (χ3n) is 16.3. The molecule has 0 unspecified atom stereocenters. The fourth-order valence-corrected chi connectivity index (χ4v) is 10.8. The average Bonchev–Trinajstić information content (AvgIpc) is 2.42. The van der Waals surface area contributed by atoms with Crippen LogP contribution in [-0.2, 0) is 57.5 Å². The standard InChI is InChI=1S/C62H111N11O14/c1-25-26-27-37(12)51(75)50-56(80)67-47(41(16)74)61(85)68(18)40(15)58(82)72(22)49(42(17)87-24)55(79)66-43(28-32(2)3)59(83)70(20)45(30-34(6)7)53(77)63-38(13)52(76)64-39(14)57(81)69(19)46(31-35(8)9)54(78)65-44(29-33(4)5)60(84)71(21)48(36(10)11)62(86)73(50)23/h25-26,32-51,74-75H,27-31H2,1-24H3,(H,63,77)(H,64,76)(H,65,78)(H,66,79)(H,67,80)/b26-25+/t37-,38+,39-,40-,41-,42-,43+,44+,45+,46+,47+,48+,49+,50+,51-/m1/s1. The summed E-state index contributed by atoms with van der Waals surface area (Å²) in [5.41, 5.74) is 0. The summed E-state index contributed by atoms with van der Waals surface area (Å²) >= 11 is 0. The minimum absolute atomic E-state index is 0.0815. The van der Waals surface area contributed by atoms with E-state index in [-0.39, 0.29) is 55.8 Å². The number of ether oxygens (including phenoxy) is 1. The molecule has 87 heavy (non-hydrogen) atoms. The number of carbonyl (C=O) groups excluding carboxylic acids is 11. The SMILES string of the molecule is C/C=C/C[C@@H](C)[C@@H](O)[C@H]1C(=O)N[C@@H]([C@@H](C)O)C(=O)N(C)[C@H](C)C(=O)N(C)[C@@H]([C@@H](C)OC)C(=O)N[C@@H](CC(C)C)C(=O)N(C)[C@@H](CC(C)C)C(=O)N[C@@H](C)C(=O)N[C@H](C)C(=O)N(C)[C@@H](CC(C)C)C(=O)N[C@@H](CC(C)C)C(=O)N(C)[C@@H](C(C)C)C(=O)N1C. The third-order valence-corrected chi connectivity index (χ3v) is 16.3. The van der Waals surface area contributed by atoms with Gasteiger partial charge in [-0.15, -0.1) is 0 Å². The molecule has 0 aromatic rings. The number of nitrogens with zero attached hydrogens (tertiary/aromatic N) is 6. The van der Waals surface area contributed by atoms with Gasteiger partial charge in [0.25, 0.3) is 0 Å². The lowest BCUT2D eigenvalue weighted by molar-refractivity contribution is -0.155. The zero-order chi connectivity index (χ0) is 67.6. The monoisotopic (exact) mass is 1230 g/mol. The molecule has 1 aliphatic heterocycles. The van der Waals surface area contributed by atoms with Crippen molar-refractivity contribution in [1.82, 2.24) is 56.0 Å². The van der Waals surface area contributed by atoms with Crippen molar-refractivity contribution in [2.45, 2.75) is 235 Å². The molecule has 0 aromatic carbocycles. The molecule has 7 N–H and O–H groups in total. The summed E-state index contributed by atoms with van der Waals surface area (Å²) in [6.07, 6.45) is -0.0907. The van der Waals surface area contributed by atoms with E-state index in [9.17, 15) is 58.2 Å². The Morgan fingerprint density at radius 1 is 0.448 bits per heavy atom. The first-order chi connectivity index (χ1) is 40.1. The van der Waals surface area contributed by atoms with E-state index in [4.69, 9.17) is 4.74 Å². The largest absolute Gasteiger partial charge is 0.391 e. The highest BCUT2D eigenvalue weighted by molar-refractivity contribution is 6.00. The zero-order valence-corrected chi connectivity index (χ0v) is 56.7. The highest BCUT2D eigenvalue weighted by Gasteiger charge is 2.46. The first kappa shape index (κ1) is 78.8. The molecule has 1 rings (SSSR count). The fourth-order valence-electron chi connectivity index (χ4n) is 10.8. The number of methoxy groups -OCH3 is 1. The number of hydrogen-bond acceptors (Lipinski definition) is 14. The van der Waals surface area contributed by atoms with Crippen LogP contribution in [0.5, 0.6) is 0 Å². The van der Waals surface area contributed by atoms with Crippen LogP contribution < -0.4 is 26.6 Å². The van der Waals surface area contributed by atoms with E-state index in [0.717, 1.165) is 14.7 Å². The number of hydrogen-bond donors (Lipinski definition) is 7. The van der Waals surface area contributed by atoms with Crippen LogP contribution in [0.2, 0.25) is 0 Å². The second kappa shape index (κ2) is 35.7. The molecule has 11 amide bonds. The number of amides is 11. The van der Waals surface area contributed by atoms with Crippen LogP contribution in [0.25, 0.3) is 0 Å². The Hall–Kier alpha value is -6.21. The lowest BCUT2D eigenvalue weighted by atomic mass is 9.91. The molecule has 0 saturated carbocycles. The van der Waals surface area contributed by atoms with Crippen LogP contribution in [0, 0.1) is 35.5 Å². The molecule has 15 atom stereocenters. The summed E-state index contributed by atoms with van der Waals surface area (Å²) in [6, 6.07) is -15.1. The zero-order valence-electron chi connectivity index (χ0n) is 56.7. The predicted octanol–water partition coefficient (Wildman–Crippen LogP) is 1.66. The second-order valence-corrected chi connectivity index (χ2v) is 26.0. The molecule has 25 nitrogen and oxygen atoms in total. The van der Waals surface area contributed by atoms with E-state index >= 15 is 4.79 Å². The maximum Gasteiger partial charge on any atom is 0.248 e. The van der Waals surface area contributed by atoms with Gasteiger partial charge in [-0.05, 0) is 109 Å². The summed E-state index contributed by atoms with van der Waals surface area (Å²) in [4.78, 5) is 167. The Morgan fingerprint density at radius 2 is 0.851 bits per heavy atom. The van der Waals surface area contributed by atoms with Crippen molar-refractivity contribution in [1.29, 1.82) is 0 Å². The van der Waals surface area contributed by atoms with Crippen molar-refractivity contribution >= 4 is 65.0 Å². The summed E-state index contributed by atoms with van der Waals surface area (Å²) in [5, 5.41) is 36.9. The molecule has 0 aliphatic carbocycles. The first-order valence-electron chi connectivity index (χ1n) is 30.7. The van der Waals surface area contributed by atoms with Crippen LogP contribution in [0.1, 0.15) is 150 Å². The number of likely N-dealkylation sites (N-methyl/N-ethyl adjacent to an activating group) is 6. The molecule has 0 radical (unpaired) electrons. The van der Waals surface area contributed by atoms with Crippen molar-refractivity contribution in [3.8, 4) is 0 Å². The van der Waals surface area contributed by atoms with Gasteiger partial charge in [0, 0.05) is 49.4 Å². The van der Waals surface area contributed by atoms with Gasteiger partial charge in [0.05, 0.1) is 18.3 Å². The van der Waals surface area contributed by atoms with Crippen molar-refractivity contribution in [3.05, 3.63) is 12.2 Å². The van der Waals surface area contributed by atoms with E-state index < -0.39 is 162 Å². The number of nitrogens with one attached hydrogen (secondary N) is 5. The summed E-state index contributed by atoms with van der Waals surface area (Å²) < 4.78 is 5.61. The maximum atomic E-state index is 15.1. The molecule has 25 heteroatoms. The van der Waals surface area contributed by atoms with Gasteiger partial charge in [0.15, 0.2) is 0 Å². The molecular weight excluding hydrogens is 1120 g/mol. The molecule has 1 saturated heterocycles. The number of aliphatic hydroxyl groups excluding tert-OH is 2. The highest BCUT2D eigenvalue weighted by Crippen LogP contribution is 2.24. The normalized spacial score (nSPS) is 28.0. The summed E-state index contributed by atoms with van der Waals surface area (Å²) in [7, 11) is 9.35. The van der Waals surface area contributed by atoms with Gasteiger partial charge in [0.1, 0.15) is 66.5 Å². The quantitative estimate of drug-likeness (QED) is 0.108. The van der Waals surface area contributed by atoms with Crippen LogP contribution >= 0.6 is 0 Å². The lowest BCUT2D eigenvalue weighted by Gasteiger charge is -2.40. The molecule has 1 heterocycles. The van der Waals surface area contributed by atoms with E-state index in [1.54, 1.807) is 39.8 Å². The molecule has 0 aromatic heterocycles. The van der Waals surface area contributed by atoms with Gasteiger partial charge in [-0.25, -0.2) is 0 Å². The van der Waals surface area contributed by atoms with Crippen molar-refractivity contribution in [2.75, 3.05) is 49.4 Å². The average molecular weight is 1230 g/mol. The number of carbonyl (C=O) groups is 11. The van der Waals surface area contributed by atoms with E-state index in [1.807, 2.05) is 55.4 Å². The van der Waals surface area contributed by atoms with Crippen molar-refractivity contribution < 1.29 is 67.7 Å². The Kier molecular flexibility index (Phi) is 32.3. The molecule has 1 fully saturated rings. The third kappa shape index (κ3) is 22.1. The fraction of sp³-hybridized carbons (Fsp3) is 0.790. The van der Waals surface area contributed by atoms with Crippen molar-refractivity contribution in [2.24, 2.45) is 35.5 Å². The Morgan fingerprint density at radius 3 is 1.29 bits per heavy atom. The lowest BCUT2D eigenvalue weighted by Crippen LogP contribution is -2.65. The van der Waals surface area contributed by atoms with Gasteiger partial charge >= 0.3 is 0 Å². The van der Waals surface area contributed by atoms with Crippen LogP contribution in [-0.4, -0.2) is 239 Å². The molecule has 1 aliphatic rings. The predicted molar refractivity (Wildman–Crippen MR) is 331 cm³/mol. The minimum Gasteiger partial charge on any atom is -0.391 e. The van der Waals surface area contributed by atoms with Gasteiger partial charge in [-0.2, -0.15) is 0 Å². The van der Waals surface area contributed by atoms with Gasteiger partial charge in [-0.1, -0.05) is 88.3 Å². The first-order valence-corrected chi connectivity index (χ1v) is 30.7. The topological polar surface area (TPSA) is 317 Å². The number of rotatable bonds is 16. The molecular formula is C62H111N11O14. The van der Waals surface area contributed by atoms with Crippen LogP contribution in [0.4, 0.5) is 0 Å². The maximum absolute atomic E-state index is 15.1. The Balaban J connectivity index is 4.39. The number of allylic oxidation sites excluding steroid dienone is 2. The highest BCUT2D eigenvalue weighted by atomic mass is 16.5.